The van der Waals surface area contributed by atoms with Crippen molar-refractivity contribution in [1.29, 1.82) is 0 Å². The van der Waals surface area contributed by atoms with Crippen molar-refractivity contribution in [2.75, 3.05) is 7.11 Å². The highest BCUT2D eigenvalue weighted by Gasteiger charge is 2.13. The highest BCUT2D eigenvalue weighted by atomic mass is 16.5. The molecule has 1 aliphatic rings. The standard InChI is InChI=1S/C8H13NO/c1-6-7(2)9-5-4-8(6)10-3/h5,8H,4H2,1-3H3. The van der Waals surface area contributed by atoms with Gasteiger partial charge in [-0.15, -0.1) is 0 Å². The molecule has 0 fully saturated rings. The molecule has 2 heteroatoms. The van der Waals surface area contributed by atoms with E-state index in [-0.39, 0.29) is 6.10 Å². The fraction of sp³-hybridized carbons (Fsp3) is 0.625. The van der Waals surface area contributed by atoms with Crippen molar-refractivity contribution in [1.82, 2.24) is 0 Å². The first-order valence-corrected chi connectivity index (χ1v) is 3.48. The van der Waals surface area contributed by atoms with Gasteiger partial charge in [0, 0.05) is 25.4 Å². The normalized spacial score (nSPS) is 25.7. The molecule has 0 aromatic heterocycles. The zero-order valence-corrected chi connectivity index (χ0v) is 6.72. The van der Waals surface area contributed by atoms with Crippen LogP contribution < -0.4 is 0 Å². The highest BCUT2D eigenvalue weighted by Crippen LogP contribution is 2.17. The van der Waals surface area contributed by atoms with Crippen LogP contribution in [0.5, 0.6) is 0 Å². The molecule has 1 unspecified atom stereocenters. The van der Waals surface area contributed by atoms with Crippen molar-refractivity contribution in [2.45, 2.75) is 26.4 Å². The summed E-state index contributed by atoms with van der Waals surface area (Å²) in [5, 5.41) is 0. The summed E-state index contributed by atoms with van der Waals surface area (Å²) >= 11 is 0. The quantitative estimate of drug-likeness (QED) is 0.542. The van der Waals surface area contributed by atoms with Gasteiger partial charge >= 0.3 is 0 Å². The SMILES string of the molecule is COC1CC=NC(C)=C1C. The lowest BCUT2D eigenvalue weighted by Gasteiger charge is -2.18. The van der Waals surface area contributed by atoms with Gasteiger partial charge in [0.15, 0.2) is 0 Å². The second-order valence-corrected chi connectivity index (χ2v) is 2.54. The Bertz CT molecular complexity index is 182. The Hall–Kier alpha value is -0.630. The van der Waals surface area contributed by atoms with E-state index in [9.17, 15) is 0 Å². The number of rotatable bonds is 1. The largest absolute Gasteiger partial charge is 0.377 e. The Morgan fingerprint density at radius 3 is 2.80 bits per heavy atom. The van der Waals surface area contributed by atoms with Crippen LogP contribution in [0.2, 0.25) is 0 Å². The molecule has 0 bridgehead atoms. The molecular formula is C8H13NO. The molecule has 1 atom stereocenters. The molecule has 56 valence electrons. The van der Waals surface area contributed by atoms with E-state index in [0.29, 0.717) is 0 Å². The maximum absolute atomic E-state index is 5.22. The Morgan fingerprint density at radius 2 is 2.30 bits per heavy atom. The zero-order chi connectivity index (χ0) is 7.56. The van der Waals surface area contributed by atoms with Gasteiger partial charge in [0.1, 0.15) is 0 Å². The molecule has 0 spiro atoms. The number of methoxy groups -OCH3 is 1. The van der Waals surface area contributed by atoms with E-state index in [4.69, 9.17) is 4.74 Å². The Kier molecular flexibility index (Phi) is 2.22. The number of allylic oxidation sites excluding steroid dienone is 1. The molecule has 0 amide bonds. The molecule has 1 heterocycles. The van der Waals surface area contributed by atoms with Crippen LogP contribution in [0.3, 0.4) is 0 Å². The number of hydrogen-bond acceptors (Lipinski definition) is 2. The van der Waals surface area contributed by atoms with Crippen LogP contribution in [0.4, 0.5) is 0 Å². The van der Waals surface area contributed by atoms with Crippen molar-refractivity contribution < 1.29 is 4.74 Å². The Labute approximate surface area is 61.6 Å². The van der Waals surface area contributed by atoms with Gasteiger partial charge in [-0.05, 0) is 19.4 Å². The lowest BCUT2D eigenvalue weighted by molar-refractivity contribution is 0.136. The molecule has 1 aliphatic heterocycles. The van der Waals surface area contributed by atoms with Gasteiger partial charge in [0.25, 0.3) is 0 Å². The third-order valence-corrected chi connectivity index (χ3v) is 1.94. The van der Waals surface area contributed by atoms with Crippen LogP contribution >= 0.6 is 0 Å². The highest BCUT2D eigenvalue weighted by molar-refractivity contribution is 5.62. The van der Waals surface area contributed by atoms with Crippen molar-refractivity contribution in [3.8, 4) is 0 Å². The summed E-state index contributed by atoms with van der Waals surface area (Å²) in [7, 11) is 1.74. The maximum Gasteiger partial charge on any atom is 0.0848 e. The summed E-state index contributed by atoms with van der Waals surface area (Å²) < 4.78 is 5.22. The van der Waals surface area contributed by atoms with E-state index in [0.717, 1.165) is 12.1 Å². The second kappa shape index (κ2) is 2.97. The van der Waals surface area contributed by atoms with Gasteiger partial charge in [-0.25, -0.2) is 0 Å². The summed E-state index contributed by atoms with van der Waals surface area (Å²) in [5.41, 5.74) is 2.35. The Balaban J connectivity index is 2.77. The molecule has 0 aromatic carbocycles. The maximum atomic E-state index is 5.22. The summed E-state index contributed by atoms with van der Waals surface area (Å²) in [6, 6.07) is 0. The number of hydrogen-bond donors (Lipinski definition) is 0. The van der Waals surface area contributed by atoms with Gasteiger partial charge < -0.3 is 4.74 Å². The first kappa shape index (κ1) is 7.48. The molecule has 0 radical (unpaired) electrons. The lowest BCUT2D eigenvalue weighted by atomic mass is 10.1. The summed E-state index contributed by atoms with van der Waals surface area (Å²) in [5.74, 6) is 0. The molecule has 0 saturated carbocycles. The fourth-order valence-corrected chi connectivity index (χ4v) is 1.07. The van der Waals surface area contributed by atoms with Gasteiger partial charge in [0.2, 0.25) is 0 Å². The zero-order valence-electron chi connectivity index (χ0n) is 6.72. The van der Waals surface area contributed by atoms with E-state index < -0.39 is 0 Å². The van der Waals surface area contributed by atoms with Crippen molar-refractivity contribution >= 4 is 6.21 Å². The van der Waals surface area contributed by atoms with Crippen molar-refractivity contribution in [2.24, 2.45) is 4.99 Å². The van der Waals surface area contributed by atoms with Crippen LogP contribution in [0, 0.1) is 0 Å². The first-order chi connectivity index (χ1) is 4.75. The molecule has 0 saturated heterocycles. The molecule has 0 N–H and O–H groups in total. The summed E-state index contributed by atoms with van der Waals surface area (Å²) in [4.78, 5) is 4.18. The van der Waals surface area contributed by atoms with E-state index in [1.807, 2.05) is 13.1 Å². The molecule has 0 aliphatic carbocycles. The minimum Gasteiger partial charge on any atom is -0.377 e. The van der Waals surface area contributed by atoms with Gasteiger partial charge in [-0.1, -0.05) is 0 Å². The number of aliphatic imine (C=N–C) groups is 1. The minimum atomic E-state index is 0.262. The van der Waals surface area contributed by atoms with Crippen molar-refractivity contribution in [3.05, 3.63) is 11.3 Å². The Morgan fingerprint density at radius 1 is 1.60 bits per heavy atom. The monoisotopic (exact) mass is 139 g/mol. The summed E-state index contributed by atoms with van der Waals surface area (Å²) in [6.45, 7) is 4.08. The minimum absolute atomic E-state index is 0.262. The van der Waals surface area contributed by atoms with Crippen LogP contribution in [0.25, 0.3) is 0 Å². The number of ether oxygens (including phenoxy) is 1. The fourth-order valence-electron chi connectivity index (χ4n) is 1.07. The van der Waals surface area contributed by atoms with E-state index in [1.165, 1.54) is 5.57 Å². The van der Waals surface area contributed by atoms with Crippen molar-refractivity contribution in [3.63, 3.8) is 0 Å². The van der Waals surface area contributed by atoms with E-state index >= 15 is 0 Å². The average Bonchev–Trinajstić information content (AvgIpc) is 1.95. The molecule has 2 nitrogen and oxygen atoms in total. The number of nitrogens with zero attached hydrogens (tertiary/aromatic N) is 1. The molecular weight excluding hydrogens is 126 g/mol. The third-order valence-electron chi connectivity index (χ3n) is 1.94. The smallest absolute Gasteiger partial charge is 0.0848 e. The molecule has 10 heavy (non-hydrogen) atoms. The van der Waals surface area contributed by atoms with E-state index in [1.54, 1.807) is 7.11 Å². The third kappa shape index (κ3) is 1.27. The molecule has 1 rings (SSSR count). The van der Waals surface area contributed by atoms with Crippen LogP contribution in [-0.2, 0) is 4.74 Å². The van der Waals surface area contributed by atoms with Gasteiger partial charge in [0.05, 0.1) is 6.10 Å². The molecule has 0 aromatic rings. The van der Waals surface area contributed by atoms with Crippen LogP contribution in [0.1, 0.15) is 20.3 Å². The first-order valence-electron chi connectivity index (χ1n) is 3.48. The predicted molar refractivity (Wildman–Crippen MR) is 42.3 cm³/mol. The lowest BCUT2D eigenvalue weighted by Crippen LogP contribution is -2.16. The summed E-state index contributed by atoms with van der Waals surface area (Å²) in [6.07, 6.45) is 3.09. The van der Waals surface area contributed by atoms with Gasteiger partial charge in [-0.2, -0.15) is 0 Å². The van der Waals surface area contributed by atoms with Gasteiger partial charge in [-0.3, -0.25) is 4.99 Å². The van der Waals surface area contributed by atoms with Crippen LogP contribution in [-0.4, -0.2) is 19.4 Å². The predicted octanol–water partition coefficient (Wildman–Crippen LogP) is 1.77. The van der Waals surface area contributed by atoms with E-state index in [2.05, 4.69) is 11.9 Å². The van der Waals surface area contributed by atoms with Crippen LogP contribution in [0.15, 0.2) is 16.3 Å². The second-order valence-electron chi connectivity index (χ2n) is 2.54. The average molecular weight is 139 g/mol. The topological polar surface area (TPSA) is 21.6 Å².